The van der Waals surface area contributed by atoms with Crippen molar-refractivity contribution in [3.8, 4) is 0 Å². The highest BCUT2D eigenvalue weighted by Crippen LogP contribution is 2.22. The van der Waals surface area contributed by atoms with Gasteiger partial charge < -0.3 is 10.8 Å². The van der Waals surface area contributed by atoms with E-state index in [4.69, 9.17) is 10.8 Å². The van der Waals surface area contributed by atoms with Crippen LogP contribution in [0.3, 0.4) is 0 Å². The molecule has 0 aliphatic rings. The molecular weight excluding hydrogens is 331 g/mol. The van der Waals surface area contributed by atoms with Crippen molar-refractivity contribution in [1.29, 1.82) is 0 Å². The van der Waals surface area contributed by atoms with E-state index in [2.05, 4.69) is 26.2 Å². The van der Waals surface area contributed by atoms with E-state index in [1.54, 1.807) is 12.1 Å². The summed E-state index contributed by atoms with van der Waals surface area (Å²) in [4.78, 5) is 11.1. The fourth-order valence-electron chi connectivity index (χ4n) is 1.84. The molecule has 0 amide bonds. The van der Waals surface area contributed by atoms with Crippen LogP contribution in [0.25, 0.3) is 0 Å². The SMILES string of the molecule is NCCc1c(C(=O)O)nnn1Cc1cccc(F)c1Br. The van der Waals surface area contributed by atoms with Crippen LogP contribution in [0.15, 0.2) is 22.7 Å². The molecule has 0 bridgehead atoms. The number of rotatable bonds is 5. The van der Waals surface area contributed by atoms with Gasteiger partial charge in [-0.3, -0.25) is 0 Å². The van der Waals surface area contributed by atoms with E-state index in [9.17, 15) is 9.18 Å². The minimum Gasteiger partial charge on any atom is -0.476 e. The van der Waals surface area contributed by atoms with E-state index < -0.39 is 5.97 Å². The molecule has 0 aliphatic carbocycles. The average molecular weight is 343 g/mol. The summed E-state index contributed by atoms with van der Waals surface area (Å²) in [6.45, 7) is 0.492. The second kappa shape index (κ2) is 6.10. The molecule has 0 aliphatic heterocycles. The zero-order valence-electron chi connectivity index (χ0n) is 10.4. The molecule has 0 spiro atoms. The van der Waals surface area contributed by atoms with Gasteiger partial charge in [-0.2, -0.15) is 0 Å². The van der Waals surface area contributed by atoms with Crippen molar-refractivity contribution < 1.29 is 14.3 Å². The maximum atomic E-state index is 13.5. The molecule has 0 saturated heterocycles. The molecule has 0 unspecified atom stereocenters. The van der Waals surface area contributed by atoms with Crippen molar-refractivity contribution in [2.75, 3.05) is 6.54 Å². The second-order valence-corrected chi connectivity index (χ2v) is 4.89. The number of carboxylic acid groups (broad SMARTS) is 1. The van der Waals surface area contributed by atoms with E-state index in [0.29, 0.717) is 22.2 Å². The number of halogens is 2. The second-order valence-electron chi connectivity index (χ2n) is 4.10. The average Bonchev–Trinajstić information content (AvgIpc) is 2.79. The predicted molar refractivity (Wildman–Crippen MR) is 72.9 cm³/mol. The highest BCUT2D eigenvalue weighted by atomic mass is 79.9. The lowest BCUT2D eigenvalue weighted by molar-refractivity contribution is 0.0689. The number of nitrogens with zero attached hydrogens (tertiary/aromatic N) is 3. The lowest BCUT2D eigenvalue weighted by Crippen LogP contribution is -2.14. The first-order valence-electron chi connectivity index (χ1n) is 5.83. The summed E-state index contributed by atoms with van der Waals surface area (Å²) in [7, 11) is 0. The molecule has 0 atom stereocenters. The van der Waals surface area contributed by atoms with E-state index >= 15 is 0 Å². The molecule has 106 valence electrons. The Kier molecular flexibility index (Phi) is 4.46. The lowest BCUT2D eigenvalue weighted by atomic mass is 10.2. The number of hydrogen-bond donors (Lipinski definition) is 2. The van der Waals surface area contributed by atoms with Crippen LogP contribution >= 0.6 is 15.9 Å². The molecule has 2 aromatic rings. The van der Waals surface area contributed by atoms with Gasteiger partial charge in [-0.25, -0.2) is 13.9 Å². The first-order valence-corrected chi connectivity index (χ1v) is 6.62. The fraction of sp³-hybridized carbons (Fsp3) is 0.250. The Bertz CT molecular complexity index is 644. The number of aromatic carboxylic acids is 1. The van der Waals surface area contributed by atoms with Gasteiger partial charge >= 0.3 is 5.97 Å². The number of hydrogen-bond acceptors (Lipinski definition) is 4. The number of benzene rings is 1. The van der Waals surface area contributed by atoms with Crippen molar-refractivity contribution in [3.05, 3.63) is 45.4 Å². The van der Waals surface area contributed by atoms with Crippen LogP contribution in [0.4, 0.5) is 4.39 Å². The Morgan fingerprint density at radius 1 is 1.50 bits per heavy atom. The van der Waals surface area contributed by atoms with Crippen LogP contribution in [0.5, 0.6) is 0 Å². The van der Waals surface area contributed by atoms with Gasteiger partial charge in [0.15, 0.2) is 5.69 Å². The standard InChI is InChI=1S/C12H12BrFN4O2/c13-10-7(2-1-3-8(10)14)6-18-9(4-5-15)11(12(19)20)16-17-18/h1-3H,4-6,15H2,(H,19,20). The molecular formula is C12H12BrFN4O2. The Morgan fingerprint density at radius 2 is 2.25 bits per heavy atom. The molecule has 6 nitrogen and oxygen atoms in total. The van der Waals surface area contributed by atoms with Crippen molar-refractivity contribution in [2.45, 2.75) is 13.0 Å². The molecule has 1 aromatic carbocycles. The van der Waals surface area contributed by atoms with Gasteiger partial charge in [0.25, 0.3) is 0 Å². The number of carbonyl (C=O) groups is 1. The Balaban J connectivity index is 2.38. The van der Waals surface area contributed by atoms with Crippen molar-refractivity contribution in [1.82, 2.24) is 15.0 Å². The van der Waals surface area contributed by atoms with Crippen LogP contribution in [0.1, 0.15) is 21.7 Å². The lowest BCUT2D eigenvalue weighted by Gasteiger charge is -2.08. The quantitative estimate of drug-likeness (QED) is 0.857. The molecule has 0 fully saturated rings. The van der Waals surface area contributed by atoms with E-state index in [-0.39, 0.29) is 24.6 Å². The molecule has 20 heavy (non-hydrogen) atoms. The summed E-state index contributed by atoms with van der Waals surface area (Å²) in [5.41, 5.74) is 6.42. The molecule has 2 rings (SSSR count). The highest BCUT2D eigenvalue weighted by Gasteiger charge is 2.19. The van der Waals surface area contributed by atoms with E-state index in [1.807, 2.05) is 0 Å². The van der Waals surface area contributed by atoms with Crippen molar-refractivity contribution >= 4 is 21.9 Å². The number of carboxylic acids is 1. The molecule has 1 heterocycles. The Labute approximate surface area is 122 Å². The van der Waals surface area contributed by atoms with Crippen LogP contribution in [0.2, 0.25) is 0 Å². The Morgan fingerprint density at radius 3 is 2.90 bits per heavy atom. The molecule has 0 radical (unpaired) electrons. The first-order chi connectivity index (χ1) is 9.54. The summed E-state index contributed by atoms with van der Waals surface area (Å²) in [6, 6.07) is 4.63. The minimum atomic E-state index is -1.15. The maximum Gasteiger partial charge on any atom is 0.358 e. The van der Waals surface area contributed by atoms with Gasteiger partial charge in [-0.05, 0) is 34.1 Å². The molecule has 8 heteroatoms. The largest absolute Gasteiger partial charge is 0.476 e. The van der Waals surface area contributed by atoms with Crippen LogP contribution < -0.4 is 5.73 Å². The van der Waals surface area contributed by atoms with E-state index in [1.165, 1.54) is 10.7 Å². The van der Waals surface area contributed by atoms with Crippen LogP contribution in [-0.2, 0) is 13.0 Å². The van der Waals surface area contributed by atoms with Crippen LogP contribution in [-0.4, -0.2) is 32.6 Å². The van der Waals surface area contributed by atoms with Crippen molar-refractivity contribution in [2.24, 2.45) is 5.73 Å². The van der Waals surface area contributed by atoms with Gasteiger partial charge in [-0.15, -0.1) is 5.10 Å². The van der Waals surface area contributed by atoms with E-state index in [0.717, 1.165) is 0 Å². The maximum absolute atomic E-state index is 13.5. The predicted octanol–water partition coefficient (Wildman–Crippen LogP) is 1.43. The Hall–Kier alpha value is -1.80. The number of nitrogens with two attached hydrogens (primary N) is 1. The van der Waals surface area contributed by atoms with Gasteiger partial charge in [0, 0.05) is 6.42 Å². The first kappa shape index (κ1) is 14.6. The van der Waals surface area contributed by atoms with Gasteiger partial charge in [0.2, 0.25) is 0 Å². The third-order valence-corrected chi connectivity index (χ3v) is 3.66. The summed E-state index contributed by atoms with van der Waals surface area (Å²) < 4.78 is 15.2. The van der Waals surface area contributed by atoms with Crippen LogP contribution in [0, 0.1) is 5.82 Å². The topological polar surface area (TPSA) is 94.0 Å². The van der Waals surface area contributed by atoms with Gasteiger partial charge in [-0.1, -0.05) is 17.3 Å². The highest BCUT2D eigenvalue weighted by molar-refractivity contribution is 9.10. The van der Waals surface area contributed by atoms with Crippen molar-refractivity contribution in [3.63, 3.8) is 0 Å². The zero-order valence-corrected chi connectivity index (χ0v) is 12.0. The smallest absolute Gasteiger partial charge is 0.358 e. The molecule has 1 aromatic heterocycles. The summed E-state index contributed by atoms with van der Waals surface area (Å²) >= 11 is 3.16. The third kappa shape index (κ3) is 2.86. The van der Waals surface area contributed by atoms with Gasteiger partial charge in [0.1, 0.15) is 5.82 Å². The minimum absolute atomic E-state index is 0.122. The number of aromatic nitrogens is 3. The monoisotopic (exact) mass is 342 g/mol. The zero-order chi connectivity index (χ0) is 14.7. The summed E-state index contributed by atoms with van der Waals surface area (Å²) in [5.74, 6) is -1.54. The summed E-state index contributed by atoms with van der Waals surface area (Å²) in [5, 5.41) is 16.5. The third-order valence-electron chi connectivity index (χ3n) is 2.77. The molecule has 3 N–H and O–H groups in total. The van der Waals surface area contributed by atoms with Gasteiger partial charge in [0.05, 0.1) is 16.7 Å². The normalized spacial score (nSPS) is 10.8. The molecule has 0 saturated carbocycles. The fourth-order valence-corrected chi connectivity index (χ4v) is 2.23. The summed E-state index contributed by atoms with van der Waals surface area (Å²) in [6.07, 6.45) is 0.335.